The Hall–Kier alpha value is -1.10. The van der Waals surface area contributed by atoms with Gasteiger partial charge in [-0.25, -0.2) is 4.79 Å². The van der Waals surface area contributed by atoms with Crippen LogP contribution in [0.4, 0.5) is 31.1 Å². The monoisotopic (exact) mass is 258 g/mol. The van der Waals surface area contributed by atoms with Crippen molar-refractivity contribution in [3.05, 3.63) is 0 Å². The first-order chi connectivity index (χ1) is 7.14. The molecule has 0 aromatic carbocycles. The van der Waals surface area contributed by atoms with E-state index in [0.29, 0.717) is 0 Å². The number of alkyl halides is 3. The van der Waals surface area contributed by atoms with Crippen LogP contribution in [0.3, 0.4) is 0 Å². The molecular formula is C5H5F7N2O2. The van der Waals surface area contributed by atoms with Crippen molar-refractivity contribution in [2.24, 2.45) is 0 Å². The smallest absolute Gasteiger partial charge is 0.457 e. The lowest BCUT2D eigenvalue weighted by Gasteiger charge is -2.16. The number of nitrogens with zero attached hydrogens (tertiary/aromatic N) is 2. The van der Waals surface area contributed by atoms with Gasteiger partial charge in [0.15, 0.2) is 0 Å². The van der Waals surface area contributed by atoms with Crippen LogP contribution in [0.2, 0.25) is 0 Å². The van der Waals surface area contributed by atoms with Gasteiger partial charge in [-0.1, -0.05) is 0 Å². The van der Waals surface area contributed by atoms with E-state index in [0.717, 1.165) is 0 Å². The maximum absolute atomic E-state index is 11.8. The Morgan fingerprint density at radius 1 is 1.19 bits per heavy atom. The van der Waals surface area contributed by atoms with Gasteiger partial charge in [-0.15, -0.1) is 17.9 Å². The van der Waals surface area contributed by atoms with E-state index in [2.05, 4.69) is 4.74 Å². The van der Waals surface area contributed by atoms with Crippen LogP contribution in [0.1, 0.15) is 0 Å². The summed E-state index contributed by atoms with van der Waals surface area (Å²) < 4.78 is 84.6. The van der Waals surface area contributed by atoms with Crippen LogP contribution in [0, 0.1) is 0 Å². The highest BCUT2D eigenvalue weighted by Gasteiger charge is 2.41. The number of hydrogen-bond donors (Lipinski definition) is 0. The van der Waals surface area contributed by atoms with Crippen LogP contribution in [-0.2, 0) is 9.53 Å². The summed E-state index contributed by atoms with van der Waals surface area (Å²) in [5, 5.41) is -3.44. The number of hydrogen-bond acceptors (Lipinski definition) is 4. The SMILES string of the molecule is O=C(OCC(CN(F)F)N(F)F)C(F)(F)F. The summed E-state index contributed by atoms with van der Waals surface area (Å²) in [6.45, 7) is -3.08. The predicted octanol–water partition coefficient (Wildman–Crippen LogP) is 1.60. The molecule has 0 radical (unpaired) electrons. The predicted molar refractivity (Wildman–Crippen MR) is 33.8 cm³/mol. The van der Waals surface area contributed by atoms with Crippen LogP contribution in [0.25, 0.3) is 0 Å². The van der Waals surface area contributed by atoms with Crippen LogP contribution in [0.15, 0.2) is 0 Å². The minimum Gasteiger partial charge on any atom is -0.457 e. The molecule has 0 aliphatic rings. The van der Waals surface area contributed by atoms with Gasteiger partial charge < -0.3 is 4.74 Å². The molecule has 1 unspecified atom stereocenters. The normalized spacial score (nSPS) is 14.3. The van der Waals surface area contributed by atoms with E-state index < -0.39 is 42.0 Å². The second-order valence-corrected chi connectivity index (χ2v) is 2.49. The summed E-state index contributed by atoms with van der Waals surface area (Å²) in [6.07, 6.45) is -5.35. The first-order valence-electron chi connectivity index (χ1n) is 3.58. The first-order valence-corrected chi connectivity index (χ1v) is 3.58. The van der Waals surface area contributed by atoms with Gasteiger partial charge in [-0.3, -0.25) is 0 Å². The Morgan fingerprint density at radius 3 is 2.00 bits per heavy atom. The molecule has 0 saturated carbocycles. The second kappa shape index (κ2) is 5.84. The van der Waals surface area contributed by atoms with Crippen molar-refractivity contribution in [1.82, 2.24) is 10.7 Å². The fraction of sp³-hybridized carbons (Fsp3) is 0.800. The van der Waals surface area contributed by atoms with Gasteiger partial charge in [0.1, 0.15) is 12.6 Å². The first kappa shape index (κ1) is 14.9. The largest absolute Gasteiger partial charge is 0.490 e. The molecule has 0 spiro atoms. The summed E-state index contributed by atoms with van der Waals surface area (Å²) in [5.74, 6) is -2.72. The van der Waals surface area contributed by atoms with E-state index >= 15 is 0 Å². The zero-order chi connectivity index (χ0) is 12.9. The molecule has 0 N–H and O–H groups in total. The number of rotatable bonds is 5. The Balaban J connectivity index is 4.18. The molecule has 0 fully saturated rings. The van der Waals surface area contributed by atoms with Gasteiger partial charge in [0.25, 0.3) is 0 Å². The maximum atomic E-state index is 11.8. The third-order valence-electron chi connectivity index (χ3n) is 1.26. The molecule has 96 valence electrons. The second-order valence-electron chi connectivity index (χ2n) is 2.49. The summed E-state index contributed by atoms with van der Waals surface area (Å²) in [7, 11) is 0. The average Bonchev–Trinajstić information content (AvgIpc) is 2.08. The number of esters is 1. The molecule has 0 aliphatic carbocycles. The number of halogens is 7. The summed E-state index contributed by atoms with van der Waals surface area (Å²) in [6, 6.07) is -2.35. The molecule has 0 aromatic heterocycles. The summed E-state index contributed by atoms with van der Waals surface area (Å²) >= 11 is 0. The molecule has 0 aliphatic heterocycles. The highest BCUT2D eigenvalue weighted by atomic mass is 19.4. The van der Waals surface area contributed by atoms with E-state index in [9.17, 15) is 35.9 Å². The lowest BCUT2D eigenvalue weighted by Crippen LogP contribution is -2.37. The topological polar surface area (TPSA) is 32.8 Å². The Labute approximate surface area is 83.9 Å². The van der Waals surface area contributed by atoms with E-state index in [4.69, 9.17) is 0 Å². The van der Waals surface area contributed by atoms with Crippen LogP contribution >= 0.6 is 0 Å². The van der Waals surface area contributed by atoms with Crippen molar-refractivity contribution in [2.45, 2.75) is 12.2 Å². The molecule has 0 amide bonds. The van der Waals surface area contributed by atoms with Gasteiger partial charge in [-0.05, 0) is 0 Å². The Kier molecular flexibility index (Phi) is 5.44. The third kappa shape index (κ3) is 5.70. The van der Waals surface area contributed by atoms with Crippen molar-refractivity contribution in [2.75, 3.05) is 13.2 Å². The highest BCUT2D eigenvalue weighted by molar-refractivity contribution is 5.75. The number of ether oxygens (including phenoxy) is 1. The molecule has 0 aromatic rings. The fourth-order valence-corrected chi connectivity index (χ4v) is 0.584. The van der Waals surface area contributed by atoms with Gasteiger partial charge in [0.05, 0.1) is 6.54 Å². The van der Waals surface area contributed by atoms with E-state index in [1.807, 2.05) is 0 Å². The van der Waals surface area contributed by atoms with Crippen LogP contribution in [-0.4, -0.2) is 42.0 Å². The molecule has 4 nitrogen and oxygen atoms in total. The molecule has 0 rings (SSSR count). The quantitative estimate of drug-likeness (QED) is 0.426. The highest BCUT2D eigenvalue weighted by Crippen LogP contribution is 2.17. The van der Waals surface area contributed by atoms with Gasteiger partial charge in [-0.2, -0.15) is 13.2 Å². The van der Waals surface area contributed by atoms with Gasteiger partial charge in [0.2, 0.25) is 0 Å². The van der Waals surface area contributed by atoms with Crippen molar-refractivity contribution < 1.29 is 40.6 Å². The molecule has 16 heavy (non-hydrogen) atoms. The van der Waals surface area contributed by atoms with Crippen molar-refractivity contribution >= 4 is 5.97 Å². The van der Waals surface area contributed by atoms with Crippen molar-refractivity contribution in [1.29, 1.82) is 0 Å². The van der Waals surface area contributed by atoms with E-state index in [1.165, 1.54) is 0 Å². The number of carbonyl (C=O) groups is 1. The van der Waals surface area contributed by atoms with Crippen molar-refractivity contribution in [3.8, 4) is 0 Å². The summed E-state index contributed by atoms with van der Waals surface area (Å²) in [5.41, 5.74) is 0. The lowest BCUT2D eigenvalue weighted by atomic mass is 10.3. The minimum absolute atomic E-state index is 1.50. The maximum Gasteiger partial charge on any atom is 0.490 e. The van der Waals surface area contributed by atoms with Gasteiger partial charge in [0, 0.05) is 10.7 Å². The van der Waals surface area contributed by atoms with Crippen molar-refractivity contribution in [3.63, 3.8) is 0 Å². The molecule has 0 saturated heterocycles. The fourth-order valence-electron chi connectivity index (χ4n) is 0.584. The Morgan fingerprint density at radius 2 is 1.69 bits per heavy atom. The third-order valence-corrected chi connectivity index (χ3v) is 1.26. The van der Waals surface area contributed by atoms with E-state index in [-0.39, 0.29) is 0 Å². The Bertz CT molecular complexity index is 231. The minimum atomic E-state index is -5.35. The molecule has 11 heteroatoms. The van der Waals surface area contributed by atoms with Gasteiger partial charge >= 0.3 is 12.1 Å². The average molecular weight is 258 g/mol. The lowest BCUT2D eigenvalue weighted by molar-refractivity contribution is -0.243. The molecule has 1 atom stereocenters. The zero-order valence-electron chi connectivity index (χ0n) is 7.35. The molecule has 0 bridgehead atoms. The standard InChI is InChI=1S/C5H5F7N2O2/c6-5(7,8)4(15)16-2-3(14(11)12)1-13(9)10/h3H,1-2H2. The number of carbonyl (C=O) groups excluding carboxylic acids is 1. The van der Waals surface area contributed by atoms with Crippen LogP contribution < -0.4 is 0 Å². The van der Waals surface area contributed by atoms with Crippen LogP contribution in [0.5, 0.6) is 0 Å². The molecule has 0 heterocycles. The van der Waals surface area contributed by atoms with E-state index in [1.54, 1.807) is 0 Å². The molecular weight excluding hydrogens is 253 g/mol. The zero-order valence-corrected chi connectivity index (χ0v) is 7.35. The summed E-state index contributed by atoms with van der Waals surface area (Å²) in [4.78, 5) is 10.1.